The van der Waals surface area contributed by atoms with Gasteiger partial charge in [-0.1, -0.05) is 36.8 Å². The predicted molar refractivity (Wildman–Crippen MR) is 97.5 cm³/mol. The van der Waals surface area contributed by atoms with Crippen LogP contribution in [0, 0.1) is 5.41 Å². The van der Waals surface area contributed by atoms with E-state index in [0.29, 0.717) is 19.1 Å². The number of amides is 2. The minimum atomic E-state index is -0.106. The molecule has 3 rings (SSSR count). The lowest BCUT2D eigenvalue weighted by molar-refractivity contribution is -0.169. The van der Waals surface area contributed by atoms with Crippen LogP contribution in [0.25, 0.3) is 0 Å². The number of aliphatic hydroxyl groups is 1. The molecule has 1 aromatic carbocycles. The lowest BCUT2D eigenvalue weighted by Gasteiger charge is -2.60. The van der Waals surface area contributed by atoms with E-state index < -0.39 is 0 Å². The van der Waals surface area contributed by atoms with Crippen molar-refractivity contribution in [3.05, 3.63) is 35.9 Å². The summed E-state index contributed by atoms with van der Waals surface area (Å²) >= 11 is 0. The van der Waals surface area contributed by atoms with Gasteiger partial charge in [0.2, 0.25) is 0 Å². The molecule has 3 unspecified atom stereocenters. The minimum Gasteiger partial charge on any atom is -0.396 e. The number of urea groups is 1. The average Bonchev–Trinajstić information content (AvgIpc) is 2.57. The van der Waals surface area contributed by atoms with Crippen molar-refractivity contribution >= 4 is 6.03 Å². The Morgan fingerprint density at radius 2 is 2.12 bits per heavy atom. The lowest BCUT2D eigenvalue weighted by atomic mass is 9.51. The summed E-state index contributed by atoms with van der Waals surface area (Å²) in [6.07, 6.45) is 5.41. The zero-order valence-corrected chi connectivity index (χ0v) is 15.0. The SMILES string of the molecule is CCOC1CC(NC(=O)NCC(CCO)c2ccccc2)C12CCC2. The van der Waals surface area contributed by atoms with Crippen LogP contribution in [0.3, 0.4) is 0 Å². The summed E-state index contributed by atoms with van der Waals surface area (Å²) in [7, 11) is 0. The summed E-state index contributed by atoms with van der Waals surface area (Å²) in [5.41, 5.74) is 1.32. The number of hydrogen-bond donors (Lipinski definition) is 3. The first-order chi connectivity index (χ1) is 12.2. The fourth-order valence-electron chi connectivity index (χ4n) is 4.33. The number of carbonyl (C=O) groups is 1. The number of aliphatic hydroxyl groups excluding tert-OH is 1. The Morgan fingerprint density at radius 3 is 2.72 bits per heavy atom. The second kappa shape index (κ2) is 8.19. The van der Waals surface area contributed by atoms with Gasteiger partial charge in [-0.3, -0.25) is 0 Å². The van der Waals surface area contributed by atoms with Crippen LogP contribution in [0.5, 0.6) is 0 Å². The van der Waals surface area contributed by atoms with E-state index in [9.17, 15) is 9.90 Å². The van der Waals surface area contributed by atoms with Crippen LogP contribution in [-0.2, 0) is 4.74 Å². The molecule has 0 aliphatic heterocycles. The standard InChI is InChI=1S/C20H30N2O3/c1-2-25-18-13-17(20(18)10-6-11-20)22-19(24)21-14-16(9-12-23)15-7-4-3-5-8-15/h3-5,7-8,16-18,23H,2,6,9-14H2,1H3,(H2,21,22,24). The topological polar surface area (TPSA) is 70.6 Å². The van der Waals surface area contributed by atoms with Gasteiger partial charge in [-0.25, -0.2) is 4.79 Å². The maximum absolute atomic E-state index is 12.4. The van der Waals surface area contributed by atoms with Crippen LogP contribution in [0.4, 0.5) is 4.79 Å². The Balaban J connectivity index is 1.49. The van der Waals surface area contributed by atoms with Crippen molar-refractivity contribution in [3.8, 4) is 0 Å². The van der Waals surface area contributed by atoms with Gasteiger partial charge < -0.3 is 20.5 Å². The van der Waals surface area contributed by atoms with E-state index in [1.165, 1.54) is 6.42 Å². The molecule has 2 aliphatic carbocycles. The van der Waals surface area contributed by atoms with E-state index in [1.807, 2.05) is 37.3 Å². The van der Waals surface area contributed by atoms with E-state index in [2.05, 4.69) is 10.6 Å². The van der Waals surface area contributed by atoms with Gasteiger partial charge in [0.1, 0.15) is 0 Å². The van der Waals surface area contributed by atoms with E-state index in [1.54, 1.807) is 0 Å². The third-order valence-corrected chi connectivity index (χ3v) is 6.00. The van der Waals surface area contributed by atoms with Crippen LogP contribution in [0.2, 0.25) is 0 Å². The first kappa shape index (κ1) is 18.2. The molecule has 0 radical (unpaired) electrons. The Morgan fingerprint density at radius 1 is 1.36 bits per heavy atom. The van der Waals surface area contributed by atoms with Gasteiger partial charge >= 0.3 is 6.03 Å². The van der Waals surface area contributed by atoms with Crippen molar-refractivity contribution in [2.45, 2.75) is 57.1 Å². The Bertz CT molecular complexity index is 559. The van der Waals surface area contributed by atoms with Crippen LogP contribution in [-0.4, -0.2) is 43.0 Å². The smallest absolute Gasteiger partial charge is 0.315 e. The largest absolute Gasteiger partial charge is 0.396 e. The fraction of sp³-hybridized carbons (Fsp3) is 0.650. The van der Waals surface area contributed by atoms with E-state index in [-0.39, 0.29) is 30.0 Å². The molecular formula is C20H30N2O3. The normalized spacial score (nSPS) is 24.9. The highest BCUT2D eigenvalue weighted by molar-refractivity contribution is 5.74. The highest BCUT2D eigenvalue weighted by Crippen LogP contribution is 2.57. The molecule has 5 heteroatoms. The molecule has 0 heterocycles. The number of nitrogens with one attached hydrogen (secondary N) is 2. The third kappa shape index (κ3) is 3.82. The molecule has 25 heavy (non-hydrogen) atoms. The second-order valence-electron chi connectivity index (χ2n) is 7.29. The van der Waals surface area contributed by atoms with Crippen molar-refractivity contribution in [2.24, 2.45) is 5.41 Å². The van der Waals surface area contributed by atoms with Crippen LogP contribution >= 0.6 is 0 Å². The molecule has 2 amide bonds. The molecule has 0 saturated heterocycles. The highest BCUT2D eigenvalue weighted by atomic mass is 16.5. The van der Waals surface area contributed by atoms with Crippen LogP contribution in [0.1, 0.15) is 50.5 Å². The van der Waals surface area contributed by atoms with Gasteiger partial charge in [0.05, 0.1) is 6.10 Å². The fourth-order valence-corrected chi connectivity index (χ4v) is 4.33. The van der Waals surface area contributed by atoms with Crippen molar-refractivity contribution in [2.75, 3.05) is 19.8 Å². The second-order valence-corrected chi connectivity index (χ2v) is 7.29. The summed E-state index contributed by atoms with van der Waals surface area (Å²) in [6, 6.07) is 10.2. The summed E-state index contributed by atoms with van der Waals surface area (Å²) in [4.78, 5) is 12.4. The van der Waals surface area contributed by atoms with Crippen molar-refractivity contribution < 1.29 is 14.6 Å². The first-order valence-corrected chi connectivity index (χ1v) is 9.51. The molecule has 1 spiro atoms. The molecule has 3 N–H and O–H groups in total. The van der Waals surface area contributed by atoms with Crippen LogP contribution < -0.4 is 10.6 Å². The maximum Gasteiger partial charge on any atom is 0.315 e. The van der Waals surface area contributed by atoms with E-state index >= 15 is 0 Å². The predicted octanol–water partition coefficient (Wildman–Crippen LogP) is 2.80. The number of rotatable bonds is 8. The average molecular weight is 346 g/mol. The first-order valence-electron chi connectivity index (χ1n) is 9.51. The van der Waals surface area contributed by atoms with E-state index in [4.69, 9.17) is 4.74 Å². The van der Waals surface area contributed by atoms with Gasteiger partial charge in [0.25, 0.3) is 0 Å². The molecule has 5 nitrogen and oxygen atoms in total. The molecule has 0 aromatic heterocycles. The van der Waals surface area contributed by atoms with Gasteiger partial charge in [0, 0.05) is 37.1 Å². The number of carbonyl (C=O) groups excluding carboxylic acids is 1. The third-order valence-electron chi connectivity index (χ3n) is 6.00. The molecule has 2 fully saturated rings. The Labute approximate surface area is 150 Å². The number of ether oxygens (including phenoxy) is 1. The molecule has 138 valence electrons. The Hall–Kier alpha value is -1.59. The molecule has 2 aliphatic rings. The van der Waals surface area contributed by atoms with Crippen molar-refractivity contribution in [1.82, 2.24) is 10.6 Å². The maximum atomic E-state index is 12.4. The summed E-state index contributed by atoms with van der Waals surface area (Å²) in [5, 5.41) is 15.5. The molecule has 2 saturated carbocycles. The van der Waals surface area contributed by atoms with Crippen molar-refractivity contribution in [1.29, 1.82) is 0 Å². The monoisotopic (exact) mass is 346 g/mol. The quantitative estimate of drug-likeness (QED) is 0.678. The van der Waals surface area contributed by atoms with Gasteiger partial charge in [-0.15, -0.1) is 0 Å². The molecule has 0 bridgehead atoms. The van der Waals surface area contributed by atoms with Gasteiger partial charge in [-0.05, 0) is 38.2 Å². The molecule has 1 aromatic rings. The van der Waals surface area contributed by atoms with Gasteiger partial charge in [-0.2, -0.15) is 0 Å². The zero-order valence-electron chi connectivity index (χ0n) is 15.0. The van der Waals surface area contributed by atoms with Crippen LogP contribution in [0.15, 0.2) is 30.3 Å². The number of hydrogen-bond acceptors (Lipinski definition) is 3. The lowest BCUT2D eigenvalue weighted by Crippen LogP contribution is -2.68. The summed E-state index contributed by atoms with van der Waals surface area (Å²) < 4.78 is 5.84. The highest BCUT2D eigenvalue weighted by Gasteiger charge is 2.59. The zero-order chi connectivity index (χ0) is 17.7. The summed E-state index contributed by atoms with van der Waals surface area (Å²) in [6.45, 7) is 3.42. The van der Waals surface area contributed by atoms with E-state index in [0.717, 1.165) is 31.4 Å². The van der Waals surface area contributed by atoms with Gasteiger partial charge in [0.15, 0.2) is 0 Å². The summed E-state index contributed by atoms with van der Waals surface area (Å²) in [5.74, 6) is 0.132. The Kier molecular flexibility index (Phi) is 5.97. The molecule has 3 atom stereocenters. The molecular weight excluding hydrogens is 316 g/mol. The number of benzene rings is 1. The van der Waals surface area contributed by atoms with Crippen molar-refractivity contribution in [3.63, 3.8) is 0 Å². The minimum absolute atomic E-state index is 0.106.